The van der Waals surface area contributed by atoms with Gasteiger partial charge in [-0.2, -0.15) is 0 Å². The second-order valence-corrected chi connectivity index (χ2v) is 7.29. The van der Waals surface area contributed by atoms with Gasteiger partial charge in [0.15, 0.2) is 0 Å². The molecule has 19 heavy (non-hydrogen) atoms. The van der Waals surface area contributed by atoms with Gasteiger partial charge in [0.25, 0.3) is 0 Å². The van der Waals surface area contributed by atoms with Crippen molar-refractivity contribution in [1.82, 2.24) is 0 Å². The van der Waals surface area contributed by atoms with Gasteiger partial charge in [-0.15, -0.1) is 0 Å². The van der Waals surface area contributed by atoms with E-state index in [4.69, 9.17) is 4.74 Å². The predicted octanol–water partition coefficient (Wildman–Crippen LogP) is 6.11. The fourth-order valence-electron chi connectivity index (χ4n) is 3.28. The maximum absolute atomic E-state index is 6.14. The largest absolute Gasteiger partial charge is 0.375 e. The van der Waals surface area contributed by atoms with Crippen LogP contribution in [0.3, 0.4) is 0 Å². The topological polar surface area (TPSA) is 9.23 Å². The van der Waals surface area contributed by atoms with Gasteiger partial charge >= 0.3 is 0 Å². The summed E-state index contributed by atoms with van der Waals surface area (Å²) in [6, 6.07) is 0. The summed E-state index contributed by atoms with van der Waals surface area (Å²) in [4.78, 5) is 0. The molecule has 1 aliphatic rings. The Labute approximate surface area is 121 Å². The number of ether oxygens (including phenoxy) is 1. The lowest BCUT2D eigenvalue weighted by Crippen LogP contribution is -2.47. The van der Waals surface area contributed by atoms with Gasteiger partial charge in [0, 0.05) is 6.61 Å². The van der Waals surface area contributed by atoms with Crippen LogP contribution in [0.15, 0.2) is 0 Å². The molecular weight excluding hydrogens is 232 g/mol. The van der Waals surface area contributed by atoms with Gasteiger partial charge in [0.2, 0.25) is 0 Å². The molecule has 0 aromatic heterocycles. The summed E-state index contributed by atoms with van der Waals surface area (Å²) in [6.45, 7) is 10.4. The van der Waals surface area contributed by atoms with Crippen LogP contribution in [0, 0.1) is 5.41 Å². The van der Waals surface area contributed by atoms with Crippen molar-refractivity contribution in [3.63, 3.8) is 0 Å². The average molecular weight is 268 g/mol. The van der Waals surface area contributed by atoms with Gasteiger partial charge in [-0.3, -0.25) is 0 Å². The minimum atomic E-state index is 0.119. The highest BCUT2D eigenvalue weighted by Gasteiger charge is 2.43. The smallest absolute Gasteiger partial charge is 0.0705 e. The van der Waals surface area contributed by atoms with E-state index in [2.05, 4.69) is 27.7 Å². The van der Waals surface area contributed by atoms with Crippen molar-refractivity contribution in [3.8, 4) is 0 Å². The lowest BCUT2D eigenvalue weighted by Gasteiger charge is -2.48. The molecule has 1 saturated heterocycles. The molecule has 1 heterocycles. The van der Waals surface area contributed by atoms with Crippen LogP contribution in [0.2, 0.25) is 0 Å². The van der Waals surface area contributed by atoms with E-state index in [1.807, 2.05) is 0 Å². The fraction of sp³-hybridized carbons (Fsp3) is 1.00. The Morgan fingerprint density at radius 1 is 0.842 bits per heavy atom. The van der Waals surface area contributed by atoms with Crippen molar-refractivity contribution in [1.29, 1.82) is 0 Å². The molecule has 0 aliphatic carbocycles. The lowest BCUT2D eigenvalue weighted by atomic mass is 9.69. The number of hydrogen-bond acceptors (Lipinski definition) is 1. The molecule has 114 valence electrons. The maximum atomic E-state index is 6.14. The zero-order valence-corrected chi connectivity index (χ0v) is 13.9. The Morgan fingerprint density at radius 3 is 2.00 bits per heavy atom. The van der Waals surface area contributed by atoms with Crippen molar-refractivity contribution >= 4 is 0 Å². The summed E-state index contributed by atoms with van der Waals surface area (Å²) in [5, 5.41) is 0. The minimum Gasteiger partial charge on any atom is -0.375 e. The quantitative estimate of drug-likeness (QED) is 0.458. The van der Waals surface area contributed by atoms with Crippen LogP contribution in [-0.2, 0) is 4.74 Å². The van der Waals surface area contributed by atoms with Crippen LogP contribution in [0.4, 0.5) is 0 Å². The first-order valence-electron chi connectivity index (χ1n) is 8.66. The number of unbranched alkanes of at least 4 members (excludes halogenated alkanes) is 7. The normalized spacial score (nSPS) is 26.5. The molecular formula is C18H36O. The molecule has 1 aliphatic heterocycles. The molecule has 0 spiro atoms. The van der Waals surface area contributed by atoms with Gasteiger partial charge in [0.05, 0.1) is 5.60 Å². The highest BCUT2D eigenvalue weighted by Crippen LogP contribution is 2.44. The average Bonchev–Trinajstić information content (AvgIpc) is 2.36. The van der Waals surface area contributed by atoms with Crippen LogP contribution >= 0.6 is 0 Å². The molecule has 1 rings (SSSR count). The summed E-state index contributed by atoms with van der Waals surface area (Å²) >= 11 is 0. The first-order valence-corrected chi connectivity index (χ1v) is 8.66. The molecule has 0 N–H and O–H groups in total. The Balaban J connectivity index is 2.11. The lowest BCUT2D eigenvalue weighted by molar-refractivity contribution is -0.151. The summed E-state index contributed by atoms with van der Waals surface area (Å²) in [7, 11) is 0. The molecule has 0 radical (unpaired) electrons. The summed E-state index contributed by atoms with van der Waals surface area (Å²) < 4.78 is 6.14. The van der Waals surface area contributed by atoms with Crippen molar-refractivity contribution in [2.24, 2.45) is 5.41 Å². The second kappa shape index (κ2) is 8.29. The van der Waals surface area contributed by atoms with Gasteiger partial charge < -0.3 is 4.74 Å². The van der Waals surface area contributed by atoms with Crippen molar-refractivity contribution in [2.45, 2.75) is 104 Å². The molecule has 1 unspecified atom stereocenters. The Morgan fingerprint density at radius 2 is 1.42 bits per heavy atom. The van der Waals surface area contributed by atoms with Crippen LogP contribution in [0.1, 0.15) is 98.3 Å². The third-order valence-corrected chi connectivity index (χ3v) is 5.31. The molecule has 0 bridgehead atoms. The second-order valence-electron chi connectivity index (χ2n) is 7.29. The number of hydrogen-bond donors (Lipinski definition) is 0. The highest BCUT2D eigenvalue weighted by molar-refractivity contribution is 4.93. The molecule has 1 fully saturated rings. The van der Waals surface area contributed by atoms with Crippen molar-refractivity contribution in [2.75, 3.05) is 6.61 Å². The van der Waals surface area contributed by atoms with Crippen LogP contribution in [0.25, 0.3) is 0 Å². The van der Waals surface area contributed by atoms with Crippen LogP contribution in [0.5, 0.6) is 0 Å². The summed E-state index contributed by atoms with van der Waals surface area (Å²) in [6.07, 6.45) is 15.0. The van der Waals surface area contributed by atoms with Gasteiger partial charge in [-0.1, -0.05) is 72.1 Å². The SMILES string of the molecule is CCCCCCCCCCC1(C)OCCCC1(C)C. The first-order chi connectivity index (χ1) is 9.02. The van der Waals surface area contributed by atoms with E-state index in [-0.39, 0.29) is 5.60 Å². The molecule has 0 aromatic carbocycles. The van der Waals surface area contributed by atoms with Crippen LogP contribution in [-0.4, -0.2) is 12.2 Å². The third-order valence-electron chi connectivity index (χ3n) is 5.31. The van der Waals surface area contributed by atoms with Gasteiger partial charge in [-0.25, -0.2) is 0 Å². The maximum Gasteiger partial charge on any atom is 0.0705 e. The molecule has 0 aromatic rings. The van der Waals surface area contributed by atoms with E-state index in [1.54, 1.807) is 0 Å². The van der Waals surface area contributed by atoms with E-state index in [1.165, 1.54) is 70.6 Å². The zero-order chi connectivity index (χ0) is 14.2. The molecule has 0 saturated carbocycles. The van der Waals surface area contributed by atoms with Crippen LogP contribution < -0.4 is 0 Å². The van der Waals surface area contributed by atoms with E-state index in [9.17, 15) is 0 Å². The number of rotatable bonds is 9. The fourth-order valence-corrected chi connectivity index (χ4v) is 3.28. The van der Waals surface area contributed by atoms with E-state index < -0.39 is 0 Å². The van der Waals surface area contributed by atoms with Gasteiger partial charge in [-0.05, 0) is 31.6 Å². The first kappa shape index (κ1) is 17.0. The molecule has 0 amide bonds. The van der Waals surface area contributed by atoms with E-state index in [0.29, 0.717) is 5.41 Å². The van der Waals surface area contributed by atoms with E-state index in [0.717, 1.165) is 6.61 Å². The molecule has 1 nitrogen and oxygen atoms in total. The predicted molar refractivity (Wildman–Crippen MR) is 84.6 cm³/mol. The third kappa shape index (κ3) is 5.45. The zero-order valence-electron chi connectivity index (χ0n) is 13.9. The Bertz CT molecular complexity index is 234. The molecule has 1 atom stereocenters. The highest BCUT2D eigenvalue weighted by atomic mass is 16.5. The van der Waals surface area contributed by atoms with Crippen molar-refractivity contribution in [3.05, 3.63) is 0 Å². The Kier molecular flexibility index (Phi) is 7.42. The van der Waals surface area contributed by atoms with Gasteiger partial charge in [0.1, 0.15) is 0 Å². The summed E-state index contributed by atoms with van der Waals surface area (Å²) in [5.74, 6) is 0. The van der Waals surface area contributed by atoms with E-state index >= 15 is 0 Å². The molecule has 1 heteroatoms. The van der Waals surface area contributed by atoms with Crippen molar-refractivity contribution < 1.29 is 4.74 Å². The summed E-state index contributed by atoms with van der Waals surface area (Å²) in [5.41, 5.74) is 0.472. The monoisotopic (exact) mass is 268 g/mol. The Hall–Kier alpha value is -0.0400. The minimum absolute atomic E-state index is 0.119. The standard InChI is InChI=1S/C18H36O/c1-5-6-7-8-9-10-11-12-15-18(4)17(2,3)14-13-16-19-18/h5-16H2,1-4H3.